The predicted molar refractivity (Wildman–Crippen MR) is 64.8 cm³/mol. The molecule has 0 aromatic carbocycles. The number of hydrogen-bond acceptors (Lipinski definition) is 8. The molecular formula is C2HMoN8O2S4-. The summed E-state index contributed by atoms with van der Waals surface area (Å²) in [4.78, 5) is 4.88. The van der Waals surface area contributed by atoms with Crippen LogP contribution in [0, 0.1) is 0 Å². The van der Waals surface area contributed by atoms with E-state index in [-0.39, 0.29) is 8.64 Å². The Hall–Kier alpha value is -0.742. The van der Waals surface area contributed by atoms with E-state index in [4.69, 9.17) is 17.9 Å². The van der Waals surface area contributed by atoms with Crippen molar-refractivity contribution in [2.45, 2.75) is 0 Å². The molecule has 0 fully saturated rings. The molecule has 15 heteroatoms. The molecule has 0 aromatic heterocycles. The Morgan fingerprint density at radius 2 is 1.94 bits per heavy atom. The summed E-state index contributed by atoms with van der Waals surface area (Å²) >= 11 is 12.6. The molecule has 0 saturated heterocycles. The van der Waals surface area contributed by atoms with Crippen molar-refractivity contribution in [2.24, 2.45) is 10.4 Å². The molecule has 0 saturated carbocycles. The molecule has 0 amide bonds. The van der Waals surface area contributed by atoms with Gasteiger partial charge in [0.05, 0.1) is 4.32 Å². The average Bonchev–Trinajstić information content (AvgIpc) is 2.26. The standard InChI is InChI=1S/C2H2N8S4.Mo.2O/c3-6-8-5-1(11)14-10(2(12)13)9-7-4;;;/h(H,5,11)(H,12,13);;;/p-1. The molecule has 1 N–H and O–H groups in total. The van der Waals surface area contributed by atoms with Gasteiger partial charge in [-0.3, -0.25) is 0 Å². The number of nitrogens with zero attached hydrogens (tertiary/aromatic N) is 7. The first kappa shape index (κ1) is 18.6. The molecule has 17 heavy (non-hydrogen) atoms. The van der Waals surface area contributed by atoms with Crippen molar-refractivity contribution in [3.8, 4) is 0 Å². The van der Waals surface area contributed by atoms with Gasteiger partial charge in [0.15, 0.2) is 11.9 Å². The summed E-state index contributed by atoms with van der Waals surface area (Å²) in [6.07, 6.45) is 0. The van der Waals surface area contributed by atoms with Gasteiger partial charge in [-0.05, 0) is 22.7 Å². The van der Waals surface area contributed by atoms with Crippen molar-refractivity contribution in [3.63, 3.8) is 0 Å². The summed E-state index contributed by atoms with van der Waals surface area (Å²) in [7, 11) is 0. The molecule has 0 aliphatic rings. The van der Waals surface area contributed by atoms with Crippen molar-refractivity contribution in [3.05, 3.63) is 20.9 Å². The van der Waals surface area contributed by atoms with E-state index in [9.17, 15) is 0 Å². The normalized spacial score (nSPS) is 7.06. The van der Waals surface area contributed by atoms with Gasteiger partial charge in [-0.25, -0.2) is 5.43 Å². The third-order valence-electron chi connectivity index (χ3n) is 0.633. The molecule has 0 aromatic rings. The Bertz CT molecular complexity index is 406. The maximum atomic E-state index is 8.50. The SMILES string of the molecule is [N-]=[N+]=NNC(=S)SN(N=[N+]=[N-])C(=S)[S-].[O]=[Mo]=[O]. The van der Waals surface area contributed by atoms with Gasteiger partial charge in [0.25, 0.3) is 4.32 Å². The van der Waals surface area contributed by atoms with Crippen molar-refractivity contribution >= 4 is 57.7 Å². The molecule has 0 aliphatic carbocycles. The van der Waals surface area contributed by atoms with E-state index < -0.39 is 18.5 Å². The fourth-order valence-electron chi connectivity index (χ4n) is 0.291. The van der Waals surface area contributed by atoms with Crippen LogP contribution in [-0.4, -0.2) is 13.1 Å². The summed E-state index contributed by atoms with van der Waals surface area (Å²) in [5.41, 5.74) is 18.2. The molecule has 10 nitrogen and oxygen atoms in total. The fourth-order valence-corrected chi connectivity index (χ4v) is 1.22. The van der Waals surface area contributed by atoms with Gasteiger partial charge in [0, 0.05) is 0 Å². The van der Waals surface area contributed by atoms with Crippen LogP contribution in [0.25, 0.3) is 20.9 Å². The number of rotatable bonds is 2. The molecule has 92 valence electrons. The maximum absolute atomic E-state index is 8.50. The van der Waals surface area contributed by atoms with E-state index in [2.05, 4.69) is 62.8 Å². The fraction of sp³-hybridized carbons (Fsp3) is 0. The summed E-state index contributed by atoms with van der Waals surface area (Å²) in [6, 6.07) is 0. The molecule has 0 spiro atoms. The van der Waals surface area contributed by atoms with Crippen LogP contribution in [-0.2, 0) is 37.9 Å². The Kier molecular flexibility index (Phi) is 14.6. The second-order valence-electron chi connectivity index (χ2n) is 1.47. The molecule has 0 rings (SSSR count). The molecule has 0 atom stereocenters. The topological polar surface area (TPSA) is 147 Å². The van der Waals surface area contributed by atoms with Crippen LogP contribution in [0.1, 0.15) is 0 Å². The van der Waals surface area contributed by atoms with Crippen molar-refractivity contribution < 1.29 is 25.3 Å². The van der Waals surface area contributed by atoms with Gasteiger partial charge in [0.2, 0.25) is 0 Å². The van der Waals surface area contributed by atoms with Gasteiger partial charge in [-0.15, -0.1) is 11.1 Å². The molecular weight excluding hydrogens is 392 g/mol. The molecule has 0 aliphatic heterocycles. The quantitative estimate of drug-likeness (QED) is 0.109. The van der Waals surface area contributed by atoms with Crippen LogP contribution in [0.4, 0.5) is 0 Å². The van der Waals surface area contributed by atoms with Crippen LogP contribution in [0.3, 0.4) is 0 Å². The molecule has 0 unspecified atom stereocenters. The Morgan fingerprint density at radius 1 is 1.41 bits per heavy atom. The summed E-state index contributed by atoms with van der Waals surface area (Å²) < 4.78 is 17.9. The van der Waals surface area contributed by atoms with Crippen molar-refractivity contribution in [2.75, 3.05) is 0 Å². The Labute approximate surface area is 123 Å². The van der Waals surface area contributed by atoms with E-state index in [1.807, 2.05) is 0 Å². The van der Waals surface area contributed by atoms with E-state index in [0.29, 0.717) is 0 Å². The first-order valence-electron chi connectivity index (χ1n) is 3.03. The summed E-state index contributed by atoms with van der Waals surface area (Å²) in [6.45, 7) is 0. The second-order valence-corrected chi connectivity index (χ2v) is 4.44. The van der Waals surface area contributed by atoms with Gasteiger partial charge in [0.1, 0.15) is 0 Å². The number of hydrogen-bond donors (Lipinski definition) is 1. The minimum atomic E-state index is -2.03. The van der Waals surface area contributed by atoms with Crippen LogP contribution in [0.2, 0.25) is 0 Å². The molecule has 0 bridgehead atoms. The number of nitrogens with one attached hydrogen (secondary N) is 1. The summed E-state index contributed by atoms with van der Waals surface area (Å²) in [5.74, 6) is 0. The summed E-state index contributed by atoms with van der Waals surface area (Å²) in [5, 5.41) is 6.11. The van der Waals surface area contributed by atoms with E-state index in [1.54, 1.807) is 0 Å². The van der Waals surface area contributed by atoms with Crippen LogP contribution in [0.15, 0.2) is 10.4 Å². The van der Waals surface area contributed by atoms with Crippen LogP contribution < -0.4 is 5.43 Å². The van der Waals surface area contributed by atoms with E-state index in [1.165, 1.54) is 0 Å². The van der Waals surface area contributed by atoms with Crippen LogP contribution >= 0.6 is 36.4 Å². The first-order valence-corrected chi connectivity index (χ1v) is 6.67. The zero-order valence-electron chi connectivity index (χ0n) is 7.49. The zero-order chi connectivity index (χ0) is 13.7. The third kappa shape index (κ3) is 13.2. The minimum absolute atomic E-state index is 0.0578. The Morgan fingerprint density at radius 3 is 2.29 bits per heavy atom. The van der Waals surface area contributed by atoms with E-state index >= 15 is 0 Å². The van der Waals surface area contributed by atoms with Crippen molar-refractivity contribution in [1.29, 1.82) is 0 Å². The monoisotopic (exact) mass is 395 g/mol. The Balaban J connectivity index is 0. The zero-order valence-corrected chi connectivity index (χ0v) is 12.8. The van der Waals surface area contributed by atoms with Gasteiger partial charge < -0.3 is 24.8 Å². The average molecular weight is 393 g/mol. The van der Waals surface area contributed by atoms with Gasteiger partial charge in [-0.1, -0.05) is 0 Å². The second kappa shape index (κ2) is 13.3. The van der Waals surface area contributed by atoms with Gasteiger partial charge in [-0.2, -0.15) is 14.2 Å². The van der Waals surface area contributed by atoms with Crippen molar-refractivity contribution in [1.82, 2.24) is 9.84 Å². The number of thiocarbonyl (C=S) groups is 2. The first-order chi connectivity index (χ1) is 8.03. The van der Waals surface area contributed by atoms with E-state index in [0.717, 1.165) is 16.4 Å². The van der Waals surface area contributed by atoms with Crippen LogP contribution in [0.5, 0.6) is 0 Å². The third-order valence-corrected chi connectivity index (χ3v) is 2.21. The molecule has 0 heterocycles. The van der Waals surface area contributed by atoms with Gasteiger partial charge >= 0.3 is 25.3 Å². The molecule has 0 radical (unpaired) electrons. The predicted octanol–water partition coefficient (Wildman–Crippen LogP) is 1.85. The number of azide groups is 2.